The van der Waals surface area contributed by atoms with Gasteiger partial charge in [0, 0.05) is 37.6 Å². The van der Waals surface area contributed by atoms with Crippen molar-refractivity contribution in [2.75, 3.05) is 26.4 Å². The molecule has 0 heterocycles. The number of esters is 2. The van der Waals surface area contributed by atoms with Crippen LogP contribution in [-0.2, 0) is 37.5 Å². The van der Waals surface area contributed by atoms with E-state index in [1.807, 2.05) is 12.2 Å². The van der Waals surface area contributed by atoms with Gasteiger partial charge in [-0.05, 0) is 64.2 Å². The lowest BCUT2D eigenvalue weighted by atomic mass is 9.90. The normalized spacial score (nSPS) is 19.9. The predicted molar refractivity (Wildman–Crippen MR) is 220 cm³/mol. The number of allylic oxidation sites excluding steroid dienone is 9. The molecule has 0 spiro atoms. The van der Waals surface area contributed by atoms with Crippen LogP contribution in [0.1, 0.15) is 136 Å². The number of carbonyl (C=O) groups excluding carboxylic acids is 3. The van der Waals surface area contributed by atoms with E-state index >= 15 is 0 Å². The lowest BCUT2D eigenvalue weighted by Gasteiger charge is -2.19. The first-order valence-electron chi connectivity index (χ1n) is 20.9. The van der Waals surface area contributed by atoms with E-state index in [1.165, 1.54) is 0 Å². The van der Waals surface area contributed by atoms with E-state index < -0.39 is 50.6 Å². The molecule has 1 unspecified atom stereocenters. The number of aliphatic hydroxyl groups excluding tert-OH is 2. The Morgan fingerprint density at radius 2 is 1.50 bits per heavy atom. The Morgan fingerprint density at radius 1 is 0.839 bits per heavy atom. The van der Waals surface area contributed by atoms with Crippen molar-refractivity contribution in [2.24, 2.45) is 17.6 Å². The SMILES string of the molecule is CC/C=C\C/C=C\C/C=C\CCCCCCCC(=O)OC[C@H](COP(=O)(O)OCCN)OC(=O)CCC/C=C\C[C@H]1[C@@H](O)CC(=O)[C@@H]1/C=C/[C@@H](O)CCCCC. The Bertz CT molecular complexity index is 1260. The molecule has 0 saturated heterocycles. The second-order valence-electron chi connectivity index (χ2n) is 14.3. The molecule has 1 aliphatic carbocycles. The van der Waals surface area contributed by atoms with Gasteiger partial charge in [0.2, 0.25) is 0 Å². The number of aliphatic hydroxyl groups is 2. The molecule has 0 aromatic carbocycles. The number of ketones is 1. The Kier molecular flexibility index (Phi) is 30.5. The molecule has 1 fully saturated rings. The fourth-order valence-corrected chi connectivity index (χ4v) is 6.86. The first-order valence-corrected chi connectivity index (χ1v) is 22.4. The number of nitrogens with two attached hydrogens (primary N) is 1. The molecule has 0 aliphatic heterocycles. The maximum absolute atomic E-state index is 12.7. The van der Waals surface area contributed by atoms with E-state index in [4.69, 9.17) is 24.3 Å². The van der Waals surface area contributed by atoms with Crippen LogP contribution in [0.2, 0.25) is 0 Å². The van der Waals surface area contributed by atoms with Crippen molar-refractivity contribution in [2.45, 2.75) is 154 Å². The number of ether oxygens (including phenoxy) is 2. The number of hydrogen-bond acceptors (Lipinski definition) is 11. The van der Waals surface area contributed by atoms with Crippen LogP contribution in [0.4, 0.5) is 0 Å². The molecule has 12 nitrogen and oxygen atoms in total. The summed E-state index contributed by atoms with van der Waals surface area (Å²) < 4.78 is 32.7. The van der Waals surface area contributed by atoms with Gasteiger partial charge in [-0.1, -0.05) is 113 Å². The van der Waals surface area contributed by atoms with Crippen molar-refractivity contribution in [3.05, 3.63) is 60.8 Å². The van der Waals surface area contributed by atoms with Gasteiger partial charge in [0.05, 0.1) is 25.4 Å². The summed E-state index contributed by atoms with van der Waals surface area (Å²) in [5, 5.41) is 20.7. The minimum atomic E-state index is -4.46. The van der Waals surface area contributed by atoms with E-state index in [0.29, 0.717) is 32.1 Å². The molecule has 0 bridgehead atoms. The van der Waals surface area contributed by atoms with Gasteiger partial charge in [-0.2, -0.15) is 0 Å². The van der Waals surface area contributed by atoms with Crippen LogP contribution in [0.5, 0.6) is 0 Å². The van der Waals surface area contributed by atoms with Gasteiger partial charge < -0.3 is 30.3 Å². The first kappa shape index (κ1) is 51.3. The van der Waals surface area contributed by atoms with Crippen molar-refractivity contribution in [1.82, 2.24) is 0 Å². The maximum Gasteiger partial charge on any atom is 0.472 e. The lowest BCUT2D eigenvalue weighted by molar-refractivity contribution is -0.161. The number of Topliss-reactive ketones (excluding diaryl/α,β-unsaturated/α-hetero) is 1. The molecule has 6 atom stereocenters. The number of unbranched alkanes of at least 4 members (excludes halogenated alkanes) is 8. The van der Waals surface area contributed by atoms with E-state index in [-0.39, 0.29) is 50.7 Å². The zero-order valence-electron chi connectivity index (χ0n) is 34.1. The number of hydrogen-bond donors (Lipinski definition) is 4. The van der Waals surface area contributed by atoms with E-state index in [9.17, 15) is 34.1 Å². The van der Waals surface area contributed by atoms with Gasteiger partial charge in [-0.25, -0.2) is 4.57 Å². The molecule has 1 aliphatic rings. The first-order chi connectivity index (χ1) is 27.0. The number of phosphoric acid groups is 1. The average molecular weight is 810 g/mol. The van der Waals surface area contributed by atoms with Crippen LogP contribution in [0.3, 0.4) is 0 Å². The fraction of sp³-hybridized carbons (Fsp3) is 0.698. The van der Waals surface area contributed by atoms with Gasteiger partial charge in [-0.3, -0.25) is 23.4 Å². The molecule has 0 amide bonds. The van der Waals surface area contributed by atoms with Crippen LogP contribution in [0, 0.1) is 11.8 Å². The highest BCUT2D eigenvalue weighted by Gasteiger charge is 2.39. The zero-order chi connectivity index (χ0) is 41.3. The van der Waals surface area contributed by atoms with E-state index in [2.05, 4.69) is 50.3 Å². The second kappa shape index (κ2) is 33.3. The van der Waals surface area contributed by atoms with Crippen LogP contribution in [0.25, 0.3) is 0 Å². The predicted octanol–water partition coefficient (Wildman–Crippen LogP) is 8.30. The minimum Gasteiger partial charge on any atom is -0.462 e. The highest BCUT2D eigenvalue weighted by atomic mass is 31.2. The van der Waals surface area contributed by atoms with Crippen LogP contribution < -0.4 is 5.73 Å². The smallest absolute Gasteiger partial charge is 0.462 e. The van der Waals surface area contributed by atoms with Crippen LogP contribution >= 0.6 is 7.82 Å². The van der Waals surface area contributed by atoms with Gasteiger partial charge in [-0.15, -0.1) is 0 Å². The highest BCUT2D eigenvalue weighted by Crippen LogP contribution is 2.43. The molecule has 1 saturated carbocycles. The Hall–Kier alpha value is -2.70. The van der Waals surface area contributed by atoms with Crippen molar-refractivity contribution in [3.8, 4) is 0 Å². The topological polar surface area (TPSA) is 192 Å². The molecule has 320 valence electrons. The number of carbonyl (C=O) groups is 3. The highest BCUT2D eigenvalue weighted by molar-refractivity contribution is 7.47. The Labute approximate surface area is 336 Å². The quantitative estimate of drug-likeness (QED) is 0.0211. The Balaban J connectivity index is 2.45. The van der Waals surface area contributed by atoms with Crippen molar-refractivity contribution < 1.29 is 52.6 Å². The van der Waals surface area contributed by atoms with E-state index in [1.54, 1.807) is 12.2 Å². The molecular formula is C43H72NO11P. The molecular weight excluding hydrogens is 737 g/mol. The summed E-state index contributed by atoms with van der Waals surface area (Å²) in [4.78, 5) is 47.5. The number of phosphoric ester groups is 1. The monoisotopic (exact) mass is 809 g/mol. The summed E-state index contributed by atoms with van der Waals surface area (Å²) in [6.07, 6.45) is 31.9. The maximum atomic E-state index is 12.7. The average Bonchev–Trinajstić information content (AvgIpc) is 3.44. The summed E-state index contributed by atoms with van der Waals surface area (Å²) in [5.41, 5.74) is 5.33. The lowest BCUT2D eigenvalue weighted by Crippen LogP contribution is -2.29. The molecule has 56 heavy (non-hydrogen) atoms. The Morgan fingerprint density at radius 3 is 2.23 bits per heavy atom. The van der Waals surface area contributed by atoms with Gasteiger partial charge in [0.1, 0.15) is 12.4 Å². The summed E-state index contributed by atoms with van der Waals surface area (Å²) >= 11 is 0. The van der Waals surface area contributed by atoms with Crippen LogP contribution in [0.15, 0.2) is 60.8 Å². The molecule has 13 heteroatoms. The second-order valence-corrected chi connectivity index (χ2v) is 15.7. The van der Waals surface area contributed by atoms with Crippen molar-refractivity contribution in [1.29, 1.82) is 0 Å². The largest absolute Gasteiger partial charge is 0.472 e. The van der Waals surface area contributed by atoms with Crippen LogP contribution in [-0.4, -0.2) is 77.5 Å². The summed E-state index contributed by atoms with van der Waals surface area (Å²) in [6.45, 7) is 3.16. The third-order valence-electron chi connectivity index (χ3n) is 9.26. The summed E-state index contributed by atoms with van der Waals surface area (Å²) in [5.74, 6) is -1.82. The van der Waals surface area contributed by atoms with Crippen molar-refractivity contribution in [3.63, 3.8) is 0 Å². The van der Waals surface area contributed by atoms with Gasteiger partial charge in [0.25, 0.3) is 0 Å². The van der Waals surface area contributed by atoms with Crippen molar-refractivity contribution >= 4 is 25.5 Å². The summed E-state index contributed by atoms with van der Waals surface area (Å²) in [7, 11) is -4.46. The molecule has 0 radical (unpaired) electrons. The third kappa shape index (κ3) is 27.0. The molecule has 1 rings (SSSR count). The summed E-state index contributed by atoms with van der Waals surface area (Å²) in [6, 6.07) is 0. The third-order valence-corrected chi connectivity index (χ3v) is 10.2. The zero-order valence-corrected chi connectivity index (χ0v) is 35.0. The number of rotatable bonds is 34. The van der Waals surface area contributed by atoms with E-state index in [0.717, 1.165) is 70.6 Å². The standard InChI is InChI=1S/C43H72NO11P/c1-3-5-7-8-9-10-11-12-13-14-15-16-17-18-23-27-42(48)52-34-37(35-54-56(50,51)53-32-31-44)55-43(49)28-24-20-19-22-26-38-39(41(47)33-40(38)46)30-29-36(45)25-21-6-4-2/h5,7,9-10,12-13,19,22,29-30,36-40,45-46H,3-4,6,8,11,14-18,20-21,23-28,31-35,44H2,1-2H3,(H,50,51)/b7-5-,10-9-,13-12-,22-19-,30-29+/t36-,37+,38+,39+,40-/m0/s1. The van der Waals surface area contributed by atoms with Gasteiger partial charge >= 0.3 is 19.8 Å². The minimum absolute atomic E-state index is 0.00515. The van der Waals surface area contributed by atoms with Gasteiger partial charge in [0.15, 0.2) is 6.10 Å². The molecule has 0 aromatic rings. The fourth-order valence-electron chi connectivity index (χ4n) is 6.10. The molecule has 0 aromatic heterocycles. The molecule has 5 N–H and O–H groups in total.